The summed E-state index contributed by atoms with van der Waals surface area (Å²) in [5, 5.41) is 0. The Kier molecular flexibility index (Phi) is 3.93. The smallest absolute Gasteiger partial charge is 0.0510 e. The molecule has 0 aliphatic heterocycles. The molecule has 0 aromatic heterocycles. The average Bonchev–Trinajstić information content (AvgIpc) is 2.00. The largest absolute Gasteiger partial charge is 0.298 e. The van der Waals surface area contributed by atoms with Gasteiger partial charge in [0.1, 0.15) is 0 Å². The Hall–Kier alpha value is -0.660. The number of hydrogen-bond acceptors (Lipinski definition) is 2. The highest BCUT2D eigenvalue weighted by Crippen LogP contribution is 2.12. The van der Waals surface area contributed by atoms with Crippen molar-refractivity contribution in [3.8, 4) is 0 Å². The molecule has 0 radical (unpaired) electrons. The summed E-state index contributed by atoms with van der Waals surface area (Å²) in [4.78, 5) is 7.84. The van der Waals surface area contributed by atoms with Crippen LogP contribution in [0.15, 0.2) is 9.98 Å². The molecule has 0 aliphatic carbocycles. The van der Waals surface area contributed by atoms with Crippen molar-refractivity contribution >= 4 is 13.4 Å². The summed E-state index contributed by atoms with van der Waals surface area (Å²) in [7, 11) is 0. The van der Waals surface area contributed by atoms with E-state index >= 15 is 0 Å². The number of hydrogen-bond donors (Lipinski definition) is 0. The van der Waals surface area contributed by atoms with Crippen molar-refractivity contribution in [2.75, 3.05) is 0 Å². The van der Waals surface area contributed by atoms with E-state index < -0.39 is 0 Å². The van der Waals surface area contributed by atoms with Crippen LogP contribution in [0.3, 0.4) is 0 Å². The van der Waals surface area contributed by atoms with Gasteiger partial charge in [-0.25, -0.2) is 0 Å². The summed E-state index contributed by atoms with van der Waals surface area (Å²) in [6.45, 7) is 13.2. The lowest BCUT2D eigenvalue weighted by Crippen LogP contribution is -2.21. The van der Waals surface area contributed by atoms with Crippen LogP contribution in [-0.2, 0) is 0 Å². The Balaban J connectivity index is 3.91. The summed E-state index contributed by atoms with van der Waals surface area (Å²) in [6.07, 6.45) is 0. The molecule has 0 heterocycles. The lowest BCUT2D eigenvalue weighted by atomic mass is 9.97. The predicted octanol–water partition coefficient (Wildman–Crippen LogP) is 1.80. The molecule has 0 N–H and O–H groups in total. The Morgan fingerprint density at radius 3 is 1.40 bits per heavy atom. The minimum absolute atomic E-state index is 0.278. The molecule has 2 atom stereocenters. The second-order valence-corrected chi connectivity index (χ2v) is 2.71. The SMILES string of the molecule is C=NC(C)C(C)C(C)N=C. The molecule has 0 aromatic carbocycles. The monoisotopic (exact) mass is 140 g/mol. The van der Waals surface area contributed by atoms with E-state index in [1.807, 2.05) is 13.8 Å². The third kappa shape index (κ3) is 2.29. The van der Waals surface area contributed by atoms with Crippen molar-refractivity contribution in [1.29, 1.82) is 0 Å². The molecule has 2 nitrogen and oxygen atoms in total. The van der Waals surface area contributed by atoms with Gasteiger partial charge in [0, 0.05) is 5.92 Å². The maximum atomic E-state index is 3.92. The van der Waals surface area contributed by atoms with E-state index in [2.05, 4.69) is 30.3 Å². The molecule has 0 spiro atoms. The summed E-state index contributed by atoms with van der Waals surface area (Å²) in [5.41, 5.74) is 0. The third-order valence-corrected chi connectivity index (χ3v) is 2.10. The first-order valence-corrected chi connectivity index (χ1v) is 3.55. The highest BCUT2D eigenvalue weighted by molar-refractivity contribution is 5.25. The van der Waals surface area contributed by atoms with Crippen LogP contribution in [-0.4, -0.2) is 25.5 Å². The third-order valence-electron chi connectivity index (χ3n) is 2.10. The molecule has 0 amide bonds. The number of nitrogens with zero attached hydrogens (tertiary/aromatic N) is 2. The molecule has 10 heavy (non-hydrogen) atoms. The zero-order valence-electron chi connectivity index (χ0n) is 7.04. The molecular weight excluding hydrogens is 124 g/mol. The molecule has 0 saturated heterocycles. The molecule has 2 unspecified atom stereocenters. The van der Waals surface area contributed by atoms with E-state index in [1.165, 1.54) is 0 Å². The fourth-order valence-electron chi connectivity index (χ4n) is 0.736. The van der Waals surface area contributed by atoms with Gasteiger partial charge < -0.3 is 0 Å². The molecule has 0 rings (SSSR count). The van der Waals surface area contributed by atoms with Crippen molar-refractivity contribution in [2.24, 2.45) is 15.9 Å². The van der Waals surface area contributed by atoms with E-state index in [-0.39, 0.29) is 12.1 Å². The van der Waals surface area contributed by atoms with E-state index in [0.717, 1.165) is 0 Å². The molecule has 0 fully saturated rings. The van der Waals surface area contributed by atoms with Crippen LogP contribution in [0.2, 0.25) is 0 Å². The van der Waals surface area contributed by atoms with Crippen LogP contribution in [0, 0.1) is 5.92 Å². The first kappa shape index (κ1) is 9.34. The van der Waals surface area contributed by atoms with Crippen LogP contribution in [0.25, 0.3) is 0 Å². The van der Waals surface area contributed by atoms with E-state index in [0.29, 0.717) is 5.92 Å². The fourth-order valence-corrected chi connectivity index (χ4v) is 0.736. The minimum Gasteiger partial charge on any atom is -0.298 e. The normalized spacial score (nSPS) is 19.1. The molecular formula is C8H16N2. The van der Waals surface area contributed by atoms with Gasteiger partial charge in [0.2, 0.25) is 0 Å². The van der Waals surface area contributed by atoms with Crippen molar-refractivity contribution in [2.45, 2.75) is 32.9 Å². The van der Waals surface area contributed by atoms with Crippen molar-refractivity contribution in [1.82, 2.24) is 0 Å². The van der Waals surface area contributed by atoms with Gasteiger partial charge in [0.15, 0.2) is 0 Å². The Morgan fingerprint density at radius 2 is 1.20 bits per heavy atom. The summed E-state index contributed by atoms with van der Waals surface area (Å²) in [5.74, 6) is 0.440. The topological polar surface area (TPSA) is 24.7 Å². The summed E-state index contributed by atoms with van der Waals surface area (Å²) in [6, 6.07) is 0.556. The lowest BCUT2D eigenvalue weighted by Gasteiger charge is -2.18. The van der Waals surface area contributed by atoms with Gasteiger partial charge in [-0.15, -0.1) is 0 Å². The highest BCUT2D eigenvalue weighted by Gasteiger charge is 2.15. The van der Waals surface area contributed by atoms with Crippen molar-refractivity contribution in [3.05, 3.63) is 0 Å². The maximum Gasteiger partial charge on any atom is 0.0510 e. The quantitative estimate of drug-likeness (QED) is 0.532. The highest BCUT2D eigenvalue weighted by atomic mass is 14.8. The van der Waals surface area contributed by atoms with Crippen LogP contribution in [0.1, 0.15) is 20.8 Å². The first-order chi connectivity index (χ1) is 4.63. The van der Waals surface area contributed by atoms with E-state index in [4.69, 9.17) is 0 Å². The first-order valence-electron chi connectivity index (χ1n) is 3.55. The van der Waals surface area contributed by atoms with Crippen LogP contribution in [0.4, 0.5) is 0 Å². The Bertz CT molecular complexity index is 106. The lowest BCUT2D eigenvalue weighted by molar-refractivity contribution is 0.421. The van der Waals surface area contributed by atoms with Crippen LogP contribution in [0.5, 0.6) is 0 Å². The second-order valence-electron chi connectivity index (χ2n) is 2.71. The summed E-state index contributed by atoms with van der Waals surface area (Å²) < 4.78 is 0. The summed E-state index contributed by atoms with van der Waals surface area (Å²) >= 11 is 0. The molecule has 58 valence electrons. The fraction of sp³-hybridized carbons (Fsp3) is 0.750. The Labute approximate surface area is 63.1 Å². The minimum atomic E-state index is 0.278. The standard InChI is InChI=1S/C8H16N2/c1-6(7(2)9-4)8(3)10-5/h6-8H,4-5H2,1-3H3. The molecule has 2 heteroatoms. The van der Waals surface area contributed by atoms with Crippen LogP contribution >= 0.6 is 0 Å². The van der Waals surface area contributed by atoms with Gasteiger partial charge >= 0.3 is 0 Å². The Morgan fingerprint density at radius 1 is 0.900 bits per heavy atom. The molecule has 0 bridgehead atoms. The number of aliphatic imine (C=N–C) groups is 2. The van der Waals surface area contributed by atoms with Crippen LogP contribution < -0.4 is 0 Å². The molecule has 0 aromatic rings. The maximum absolute atomic E-state index is 3.92. The van der Waals surface area contributed by atoms with Gasteiger partial charge in [-0.05, 0) is 27.3 Å². The van der Waals surface area contributed by atoms with E-state index in [1.54, 1.807) is 0 Å². The van der Waals surface area contributed by atoms with Gasteiger partial charge in [0.05, 0.1) is 12.1 Å². The van der Waals surface area contributed by atoms with Gasteiger partial charge in [0.25, 0.3) is 0 Å². The van der Waals surface area contributed by atoms with Crippen molar-refractivity contribution in [3.63, 3.8) is 0 Å². The predicted molar refractivity (Wildman–Crippen MR) is 47.2 cm³/mol. The zero-order chi connectivity index (χ0) is 8.15. The molecule has 0 aliphatic rings. The van der Waals surface area contributed by atoms with Gasteiger partial charge in [-0.2, -0.15) is 0 Å². The van der Waals surface area contributed by atoms with Crippen molar-refractivity contribution < 1.29 is 0 Å². The average molecular weight is 140 g/mol. The zero-order valence-corrected chi connectivity index (χ0v) is 7.04. The number of rotatable bonds is 4. The van der Waals surface area contributed by atoms with Gasteiger partial charge in [-0.3, -0.25) is 9.98 Å². The molecule has 0 saturated carbocycles. The second kappa shape index (κ2) is 4.20. The van der Waals surface area contributed by atoms with E-state index in [9.17, 15) is 0 Å². The van der Waals surface area contributed by atoms with Gasteiger partial charge in [-0.1, -0.05) is 6.92 Å².